The first-order valence-electron chi connectivity index (χ1n) is 8.57. The molecule has 0 aliphatic heterocycles. The van der Waals surface area contributed by atoms with E-state index in [1.807, 2.05) is 19.9 Å². The average Bonchev–Trinajstić information content (AvgIpc) is 2.90. The van der Waals surface area contributed by atoms with Crippen LogP contribution in [0.25, 0.3) is 20.7 Å². The molecule has 1 aromatic carbocycles. The highest BCUT2D eigenvalue weighted by atomic mass is 32.1. The lowest BCUT2D eigenvalue weighted by Crippen LogP contribution is -2.33. The quantitative estimate of drug-likeness (QED) is 0.700. The third-order valence-electron chi connectivity index (χ3n) is 3.92. The van der Waals surface area contributed by atoms with Crippen molar-refractivity contribution in [2.75, 3.05) is 5.32 Å². The summed E-state index contributed by atoms with van der Waals surface area (Å²) in [4.78, 5) is 18.9. The van der Waals surface area contributed by atoms with Crippen molar-refractivity contribution in [2.24, 2.45) is 0 Å². The van der Waals surface area contributed by atoms with Gasteiger partial charge in [0.25, 0.3) is 5.56 Å². The van der Waals surface area contributed by atoms with Gasteiger partial charge in [0.05, 0.1) is 5.52 Å². The van der Waals surface area contributed by atoms with Gasteiger partial charge in [0.15, 0.2) is 0 Å². The van der Waals surface area contributed by atoms with Gasteiger partial charge in [-0.05, 0) is 53.2 Å². The Balaban J connectivity index is 2.20. The lowest BCUT2D eigenvalue weighted by atomic mass is 10.1. The summed E-state index contributed by atoms with van der Waals surface area (Å²) in [7, 11) is 0. The molecule has 0 saturated heterocycles. The summed E-state index contributed by atoms with van der Waals surface area (Å²) < 4.78 is 2.46. The van der Waals surface area contributed by atoms with Gasteiger partial charge in [-0.3, -0.25) is 9.36 Å². The molecule has 0 aliphatic carbocycles. The minimum Gasteiger partial charge on any atom is -0.351 e. The van der Waals surface area contributed by atoms with Crippen LogP contribution in [0.5, 0.6) is 0 Å². The molecule has 0 radical (unpaired) electrons. The number of aromatic nitrogens is 2. The third kappa shape index (κ3) is 3.61. The van der Waals surface area contributed by atoms with Crippen molar-refractivity contribution < 1.29 is 0 Å². The summed E-state index contributed by atoms with van der Waals surface area (Å²) in [5, 5.41) is 3.38. The van der Waals surface area contributed by atoms with Crippen molar-refractivity contribution in [2.45, 2.75) is 53.1 Å². The van der Waals surface area contributed by atoms with Crippen molar-refractivity contribution in [1.29, 1.82) is 0 Å². The number of fused-ring (bicyclic) bond motifs is 1. The number of rotatable bonds is 3. The van der Waals surface area contributed by atoms with Crippen LogP contribution in [-0.2, 0) is 0 Å². The molecule has 0 amide bonds. The predicted molar refractivity (Wildman–Crippen MR) is 108 cm³/mol. The van der Waals surface area contributed by atoms with Crippen molar-refractivity contribution in [3.8, 4) is 10.4 Å². The molecule has 5 heteroatoms. The normalized spacial score (nSPS) is 12.1. The number of benzene rings is 1. The van der Waals surface area contributed by atoms with Gasteiger partial charge in [-0.2, -0.15) is 0 Å². The molecule has 0 unspecified atom stereocenters. The Morgan fingerprint density at radius 2 is 1.80 bits per heavy atom. The van der Waals surface area contributed by atoms with Gasteiger partial charge in [-0.15, -0.1) is 11.3 Å². The predicted octanol–water partition coefficient (Wildman–Crippen LogP) is 5.22. The van der Waals surface area contributed by atoms with Crippen LogP contribution in [-0.4, -0.2) is 15.1 Å². The Morgan fingerprint density at radius 3 is 2.36 bits per heavy atom. The second-order valence-electron chi connectivity index (χ2n) is 7.77. The van der Waals surface area contributed by atoms with E-state index in [4.69, 9.17) is 4.98 Å². The topological polar surface area (TPSA) is 46.9 Å². The zero-order valence-corrected chi connectivity index (χ0v) is 16.5. The molecule has 4 nitrogen and oxygen atoms in total. The number of anilines is 1. The van der Waals surface area contributed by atoms with E-state index in [9.17, 15) is 4.79 Å². The van der Waals surface area contributed by atoms with E-state index in [0.29, 0.717) is 10.6 Å². The van der Waals surface area contributed by atoms with Gasteiger partial charge < -0.3 is 5.32 Å². The monoisotopic (exact) mass is 355 g/mol. The van der Waals surface area contributed by atoms with Crippen LogP contribution >= 0.6 is 11.3 Å². The molecule has 0 spiro atoms. The van der Waals surface area contributed by atoms with E-state index in [-0.39, 0.29) is 17.1 Å². The molecule has 0 bridgehead atoms. The SMILES string of the molecule is Cc1ccc(-c2cc3nc(NC(C)(C)C)n(C(C)C)c(=O)c3s2)cc1. The lowest BCUT2D eigenvalue weighted by molar-refractivity contribution is 0.553. The molecule has 0 aliphatic rings. The number of hydrogen-bond donors (Lipinski definition) is 1. The summed E-state index contributed by atoms with van der Waals surface area (Å²) in [5.41, 5.74) is 2.96. The highest BCUT2D eigenvalue weighted by molar-refractivity contribution is 7.22. The summed E-state index contributed by atoms with van der Waals surface area (Å²) in [5.74, 6) is 0.633. The van der Waals surface area contributed by atoms with E-state index in [2.05, 4.69) is 57.3 Å². The summed E-state index contributed by atoms with van der Waals surface area (Å²) in [6, 6.07) is 10.4. The fourth-order valence-electron chi connectivity index (χ4n) is 2.75. The lowest BCUT2D eigenvalue weighted by Gasteiger charge is -2.25. The maximum absolute atomic E-state index is 13.1. The summed E-state index contributed by atoms with van der Waals surface area (Å²) >= 11 is 1.52. The number of hydrogen-bond acceptors (Lipinski definition) is 4. The zero-order valence-electron chi connectivity index (χ0n) is 15.7. The molecule has 1 N–H and O–H groups in total. The molecule has 132 valence electrons. The smallest absolute Gasteiger partial charge is 0.273 e. The van der Waals surface area contributed by atoms with E-state index in [0.717, 1.165) is 16.0 Å². The van der Waals surface area contributed by atoms with Gasteiger partial charge in [-0.1, -0.05) is 29.8 Å². The van der Waals surface area contributed by atoms with Crippen molar-refractivity contribution in [3.05, 3.63) is 46.2 Å². The first-order chi connectivity index (χ1) is 11.7. The van der Waals surface area contributed by atoms with E-state index in [1.165, 1.54) is 16.9 Å². The van der Waals surface area contributed by atoms with E-state index < -0.39 is 0 Å². The van der Waals surface area contributed by atoms with E-state index in [1.54, 1.807) is 4.57 Å². The van der Waals surface area contributed by atoms with Gasteiger partial charge >= 0.3 is 0 Å². The molecule has 2 heterocycles. The van der Waals surface area contributed by atoms with Crippen molar-refractivity contribution >= 4 is 27.5 Å². The second-order valence-corrected chi connectivity index (χ2v) is 8.82. The molecule has 3 rings (SSSR count). The maximum Gasteiger partial charge on any atom is 0.273 e. The number of nitrogens with zero attached hydrogens (tertiary/aromatic N) is 2. The molecule has 0 saturated carbocycles. The fraction of sp³-hybridized carbons (Fsp3) is 0.400. The van der Waals surface area contributed by atoms with Crippen molar-refractivity contribution in [1.82, 2.24) is 9.55 Å². The summed E-state index contributed by atoms with van der Waals surface area (Å²) in [6.45, 7) is 12.3. The molecular formula is C20H25N3OS. The van der Waals surface area contributed by atoms with Crippen LogP contribution in [0.1, 0.15) is 46.2 Å². The Hall–Kier alpha value is -2.14. The van der Waals surface area contributed by atoms with Gasteiger partial charge in [0.1, 0.15) is 4.70 Å². The molecule has 2 aromatic heterocycles. The van der Waals surface area contributed by atoms with E-state index >= 15 is 0 Å². The molecule has 0 fully saturated rings. The Morgan fingerprint density at radius 1 is 1.16 bits per heavy atom. The third-order valence-corrected chi connectivity index (χ3v) is 5.08. The minimum absolute atomic E-state index is 0.0233. The van der Waals surface area contributed by atoms with Crippen LogP contribution in [0.15, 0.2) is 35.1 Å². The van der Waals surface area contributed by atoms with Crippen LogP contribution in [0.2, 0.25) is 0 Å². The highest BCUT2D eigenvalue weighted by Crippen LogP contribution is 2.32. The Kier molecular flexibility index (Phi) is 4.45. The largest absolute Gasteiger partial charge is 0.351 e. The zero-order chi connectivity index (χ0) is 18.4. The molecule has 3 aromatic rings. The van der Waals surface area contributed by atoms with Gasteiger partial charge in [0, 0.05) is 16.5 Å². The fourth-order valence-corrected chi connectivity index (χ4v) is 3.79. The molecule has 0 atom stereocenters. The van der Waals surface area contributed by atoms with Gasteiger partial charge in [-0.25, -0.2) is 4.98 Å². The Labute approximate surface area is 152 Å². The first-order valence-corrected chi connectivity index (χ1v) is 9.38. The summed E-state index contributed by atoms with van der Waals surface area (Å²) in [6.07, 6.45) is 0. The highest BCUT2D eigenvalue weighted by Gasteiger charge is 2.20. The maximum atomic E-state index is 13.1. The molecular weight excluding hydrogens is 330 g/mol. The van der Waals surface area contributed by atoms with Crippen LogP contribution < -0.4 is 10.9 Å². The second kappa shape index (κ2) is 6.30. The standard InChI is InChI=1S/C20H25N3OS/c1-12(2)23-18(24)17-15(21-19(23)22-20(4,5)6)11-16(25-17)14-9-7-13(3)8-10-14/h7-12H,1-6H3,(H,21,22). The first kappa shape index (κ1) is 17.7. The number of nitrogens with one attached hydrogen (secondary N) is 1. The van der Waals surface area contributed by atoms with Crippen molar-refractivity contribution in [3.63, 3.8) is 0 Å². The van der Waals surface area contributed by atoms with Crippen LogP contribution in [0, 0.1) is 6.92 Å². The number of thiophene rings is 1. The van der Waals surface area contributed by atoms with Crippen LogP contribution in [0.4, 0.5) is 5.95 Å². The Bertz CT molecular complexity index is 960. The average molecular weight is 356 g/mol. The van der Waals surface area contributed by atoms with Crippen LogP contribution in [0.3, 0.4) is 0 Å². The van der Waals surface area contributed by atoms with Gasteiger partial charge in [0.2, 0.25) is 5.95 Å². The molecule has 25 heavy (non-hydrogen) atoms. The minimum atomic E-state index is -0.167. The number of aryl methyl sites for hydroxylation is 1.